The summed E-state index contributed by atoms with van der Waals surface area (Å²) in [6.07, 6.45) is -7.76. The quantitative estimate of drug-likeness (QED) is 0.323. The molecule has 2 aromatic rings. The first kappa shape index (κ1) is 30.4. The van der Waals surface area contributed by atoms with Crippen molar-refractivity contribution < 1.29 is 52.5 Å². The largest absolute Gasteiger partial charge is 1.00 e. The van der Waals surface area contributed by atoms with Gasteiger partial charge in [-0.1, -0.05) is 51.1 Å². The Balaban J connectivity index is 0.00000353. The zero-order valence-electron chi connectivity index (χ0n) is 22.7. The van der Waals surface area contributed by atoms with E-state index in [-0.39, 0.29) is 52.5 Å². The van der Waals surface area contributed by atoms with Crippen LogP contribution in [-0.2, 0) is 30.2 Å². The van der Waals surface area contributed by atoms with Gasteiger partial charge in [-0.05, 0) is 49.4 Å². The number of benzene rings is 2. The van der Waals surface area contributed by atoms with Crippen LogP contribution in [-0.4, -0.2) is 28.7 Å². The number of rotatable bonds is 6. The van der Waals surface area contributed by atoms with Gasteiger partial charge in [-0.2, -0.15) is 26.3 Å². The second kappa shape index (κ2) is 10.1. The first-order valence-electron chi connectivity index (χ1n) is 13.4. The first-order valence-corrected chi connectivity index (χ1v) is 13.4. The van der Waals surface area contributed by atoms with Gasteiger partial charge in [0.05, 0.1) is 24.3 Å². The number of halogens is 7. The second-order valence-electron chi connectivity index (χ2n) is 12.4. The average molecular weight is 621 g/mol. The van der Waals surface area contributed by atoms with Gasteiger partial charge in [0.15, 0.2) is 0 Å². The molecular formula is C30H36BrF6NO. The Bertz CT molecular complexity index is 1150. The summed E-state index contributed by atoms with van der Waals surface area (Å²) in [4.78, 5) is 0. The fraction of sp³-hybridized carbons (Fsp3) is 0.600. The Labute approximate surface area is 237 Å². The van der Waals surface area contributed by atoms with Gasteiger partial charge in [0, 0.05) is 23.3 Å². The maximum absolute atomic E-state index is 13.7. The van der Waals surface area contributed by atoms with Crippen LogP contribution >= 0.6 is 0 Å². The number of hydrogen-bond donors (Lipinski definition) is 0. The molecule has 2 nitrogen and oxygen atoms in total. The molecule has 0 amide bonds. The van der Waals surface area contributed by atoms with Crippen molar-refractivity contribution in [1.29, 1.82) is 0 Å². The third-order valence-electron chi connectivity index (χ3n) is 10.2. The minimum atomic E-state index is -4.86. The van der Waals surface area contributed by atoms with Crippen molar-refractivity contribution in [2.45, 2.75) is 77.2 Å². The minimum Gasteiger partial charge on any atom is -1.00 e. The maximum atomic E-state index is 13.7. The van der Waals surface area contributed by atoms with Crippen LogP contribution in [0, 0.1) is 23.7 Å². The summed E-state index contributed by atoms with van der Waals surface area (Å²) in [6, 6.07) is 12.0. The topological polar surface area (TPSA) is 9.23 Å². The summed E-state index contributed by atoms with van der Waals surface area (Å²) in [5.74, 6) is 0.981. The Hall–Kier alpha value is -1.58. The minimum absolute atomic E-state index is 0. The standard InChI is InChI=1S/C30H36F6NO.BrH/c1-19(2)28(38-17-21-8-6-5-7-9-21)18-37(15-20(3)25-10-11-26(28)27(25,37)4)16-22-12-23(29(31,32)33)14-24(13-22)30(34,35)36;/h5-9,12-14,19-20,25-26H,10-11,15-18H2,1-4H3;1H/q+1;/p-1/t20-,25+,26+,27-,28+,37-;/m1./s1. The van der Waals surface area contributed by atoms with Crippen molar-refractivity contribution >= 4 is 0 Å². The summed E-state index contributed by atoms with van der Waals surface area (Å²) in [5, 5.41) is 0. The van der Waals surface area contributed by atoms with Crippen LogP contribution in [0.25, 0.3) is 0 Å². The van der Waals surface area contributed by atoms with E-state index in [1.807, 2.05) is 30.3 Å². The van der Waals surface area contributed by atoms with Gasteiger partial charge in [-0.3, -0.25) is 0 Å². The van der Waals surface area contributed by atoms with Crippen LogP contribution in [0.15, 0.2) is 48.5 Å². The highest BCUT2D eigenvalue weighted by molar-refractivity contribution is 5.34. The molecule has 0 bridgehead atoms. The van der Waals surface area contributed by atoms with E-state index in [9.17, 15) is 26.3 Å². The van der Waals surface area contributed by atoms with Crippen LogP contribution in [0.4, 0.5) is 26.3 Å². The maximum Gasteiger partial charge on any atom is 0.416 e. The third kappa shape index (κ3) is 4.84. The molecule has 0 unspecified atom stereocenters. The normalized spacial score (nSPS) is 33.9. The molecule has 2 aliphatic heterocycles. The van der Waals surface area contributed by atoms with Crippen LogP contribution in [0.1, 0.15) is 62.8 Å². The van der Waals surface area contributed by atoms with Gasteiger partial charge >= 0.3 is 12.4 Å². The van der Waals surface area contributed by atoms with Gasteiger partial charge in [0.1, 0.15) is 24.2 Å². The molecule has 9 heteroatoms. The molecule has 39 heavy (non-hydrogen) atoms. The number of ether oxygens (including phenoxy) is 1. The summed E-state index contributed by atoms with van der Waals surface area (Å²) >= 11 is 0. The van der Waals surface area contributed by atoms with Crippen LogP contribution in [0.2, 0.25) is 0 Å². The SMILES string of the molecule is CC(C)[C@@]1(OCc2ccccc2)C[N@+]2(Cc3cc(C(F)(F)F)cc(C(F)(F)F)c3)C[C@@H](C)[C@@H]3CC[C@H]1[C@@]32C.[Br-]. The van der Waals surface area contributed by atoms with Crippen molar-refractivity contribution in [2.75, 3.05) is 13.1 Å². The van der Waals surface area contributed by atoms with Crippen LogP contribution in [0.3, 0.4) is 0 Å². The van der Waals surface area contributed by atoms with E-state index in [0.29, 0.717) is 29.5 Å². The molecule has 0 N–H and O–H groups in total. The smallest absolute Gasteiger partial charge is 0.416 e. The lowest BCUT2D eigenvalue weighted by Crippen LogP contribution is -3.00. The molecule has 216 valence electrons. The molecular weight excluding hydrogens is 584 g/mol. The van der Waals surface area contributed by atoms with E-state index in [1.165, 1.54) is 0 Å². The molecule has 5 rings (SSSR count). The van der Waals surface area contributed by atoms with E-state index in [2.05, 4.69) is 27.7 Å². The molecule has 3 aliphatic rings. The monoisotopic (exact) mass is 619 g/mol. The predicted molar refractivity (Wildman–Crippen MR) is 133 cm³/mol. The number of hydrogen-bond acceptors (Lipinski definition) is 1. The molecule has 3 fully saturated rings. The molecule has 1 saturated carbocycles. The molecule has 6 atom stereocenters. The Kier molecular flexibility index (Phi) is 7.83. The molecule has 0 spiro atoms. The summed E-state index contributed by atoms with van der Waals surface area (Å²) in [7, 11) is 0. The summed E-state index contributed by atoms with van der Waals surface area (Å²) < 4.78 is 89.4. The Morgan fingerprint density at radius 1 is 0.923 bits per heavy atom. The second-order valence-corrected chi connectivity index (χ2v) is 12.4. The predicted octanol–water partition coefficient (Wildman–Crippen LogP) is 5.10. The van der Waals surface area contributed by atoms with E-state index in [0.717, 1.165) is 37.1 Å². The summed E-state index contributed by atoms with van der Waals surface area (Å²) in [5.41, 5.74) is -2.15. The number of quaternary nitrogens is 1. The summed E-state index contributed by atoms with van der Waals surface area (Å²) in [6.45, 7) is 10.5. The van der Waals surface area contributed by atoms with Gasteiger partial charge in [0.2, 0.25) is 0 Å². The van der Waals surface area contributed by atoms with E-state index < -0.39 is 29.1 Å². The van der Waals surface area contributed by atoms with Crippen molar-refractivity contribution in [3.8, 4) is 0 Å². The fourth-order valence-electron chi connectivity index (χ4n) is 8.60. The third-order valence-corrected chi connectivity index (χ3v) is 10.2. The highest BCUT2D eigenvalue weighted by Crippen LogP contribution is 2.67. The zero-order valence-corrected chi connectivity index (χ0v) is 24.3. The van der Waals surface area contributed by atoms with Crippen molar-refractivity contribution in [3.63, 3.8) is 0 Å². The Morgan fingerprint density at radius 3 is 2.05 bits per heavy atom. The number of nitrogens with zero attached hydrogens (tertiary/aromatic N) is 1. The molecule has 2 aromatic carbocycles. The lowest BCUT2D eigenvalue weighted by atomic mass is 9.72. The van der Waals surface area contributed by atoms with Crippen LogP contribution in [0.5, 0.6) is 0 Å². The van der Waals surface area contributed by atoms with Gasteiger partial charge in [-0.25, -0.2) is 0 Å². The molecule has 1 aliphatic carbocycles. The van der Waals surface area contributed by atoms with E-state index in [1.54, 1.807) is 0 Å². The van der Waals surface area contributed by atoms with Gasteiger partial charge in [-0.15, -0.1) is 0 Å². The lowest BCUT2D eigenvalue weighted by Gasteiger charge is -2.44. The van der Waals surface area contributed by atoms with E-state index >= 15 is 0 Å². The zero-order chi connectivity index (χ0) is 27.7. The lowest BCUT2D eigenvalue weighted by molar-refractivity contribution is -0.968. The number of alkyl halides is 6. The van der Waals surface area contributed by atoms with Gasteiger partial charge < -0.3 is 26.2 Å². The average Bonchev–Trinajstić information content (AvgIpc) is 3.36. The molecule has 2 saturated heterocycles. The highest BCUT2D eigenvalue weighted by atomic mass is 79.9. The van der Waals surface area contributed by atoms with Crippen molar-refractivity contribution in [3.05, 3.63) is 70.8 Å². The molecule has 0 radical (unpaired) electrons. The Morgan fingerprint density at radius 2 is 1.51 bits per heavy atom. The van der Waals surface area contributed by atoms with Crippen molar-refractivity contribution in [1.82, 2.24) is 0 Å². The van der Waals surface area contributed by atoms with Crippen LogP contribution < -0.4 is 17.0 Å². The van der Waals surface area contributed by atoms with E-state index in [4.69, 9.17) is 4.74 Å². The molecule has 0 aromatic heterocycles. The fourth-order valence-corrected chi connectivity index (χ4v) is 8.60. The van der Waals surface area contributed by atoms with Crippen molar-refractivity contribution in [2.24, 2.45) is 23.7 Å². The molecule has 2 heterocycles. The highest BCUT2D eigenvalue weighted by Gasteiger charge is 2.78. The first-order chi connectivity index (χ1) is 17.6. The van der Waals surface area contributed by atoms with Gasteiger partial charge in [0.25, 0.3) is 0 Å².